The van der Waals surface area contributed by atoms with Crippen LogP contribution in [-0.4, -0.2) is 20.7 Å². The number of nitrogens with one attached hydrogen (secondary N) is 1. The van der Waals surface area contributed by atoms with Crippen molar-refractivity contribution in [3.05, 3.63) is 28.8 Å². The average molecular weight is 207 g/mol. The topological polar surface area (TPSA) is 21.3 Å². The van der Waals surface area contributed by atoms with E-state index in [2.05, 4.69) is 38.2 Å². The average Bonchev–Trinajstić information content (AvgIpc) is 2.17. The van der Waals surface area contributed by atoms with Crippen LogP contribution in [0, 0.1) is 13.8 Å². The maximum atomic E-state index is 5.47. The van der Waals surface area contributed by atoms with E-state index in [0.29, 0.717) is 5.92 Å². The van der Waals surface area contributed by atoms with Crippen LogP contribution in [0.25, 0.3) is 0 Å². The first kappa shape index (κ1) is 12.1. The zero-order valence-corrected chi connectivity index (χ0v) is 10.3. The summed E-state index contributed by atoms with van der Waals surface area (Å²) in [4.78, 5) is 0. The van der Waals surface area contributed by atoms with Crippen LogP contribution in [0.15, 0.2) is 12.1 Å². The summed E-state index contributed by atoms with van der Waals surface area (Å²) in [5.41, 5.74) is 3.81. The summed E-state index contributed by atoms with van der Waals surface area (Å²) in [6.07, 6.45) is 0. The van der Waals surface area contributed by atoms with Crippen LogP contribution < -0.4 is 10.1 Å². The number of methoxy groups -OCH3 is 1. The minimum absolute atomic E-state index is 0.476. The Balaban J connectivity index is 3.13. The van der Waals surface area contributed by atoms with Crippen LogP contribution in [0.2, 0.25) is 0 Å². The van der Waals surface area contributed by atoms with Crippen LogP contribution in [0.4, 0.5) is 0 Å². The highest BCUT2D eigenvalue weighted by Crippen LogP contribution is 2.30. The Labute approximate surface area is 92.6 Å². The van der Waals surface area contributed by atoms with Crippen molar-refractivity contribution in [3.8, 4) is 5.75 Å². The molecule has 1 aromatic rings. The standard InChI is InChI=1S/C13H21NO/c1-9-6-10(2)13(15-5)12(7-9)11(3)8-14-4/h6-7,11,14H,8H2,1-5H3. The van der Waals surface area contributed by atoms with Crippen LogP contribution >= 0.6 is 0 Å². The normalized spacial score (nSPS) is 12.6. The molecule has 0 spiro atoms. The number of likely N-dealkylation sites (N-methyl/N-ethyl adjacent to an activating group) is 1. The molecule has 0 radical (unpaired) electrons. The molecule has 1 aromatic carbocycles. The lowest BCUT2D eigenvalue weighted by Crippen LogP contribution is -2.15. The second kappa shape index (κ2) is 5.17. The van der Waals surface area contributed by atoms with Crippen LogP contribution in [0.5, 0.6) is 5.75 Å². The molecule has 1 rings (SSSR count). The van der Waals surface area contributed by atoms with Gasteiger partial charge in [-0.05, 0) is 37.9 Å². The third kappa shape index (κ3) is 2.72. The first-order chi connectivity index (χ1) is 7.10. The maximum absolute atomic E-state index is 5.47. The zero-order chi connectivity index (χ0) is 11.4. The monoisotopic (exact) mass is 207 g/mol. The molecule has 15 heavy (non-hydrogen) atoms. The molecule has 0 bridgehead atoms. The van der Waals surface area contributed by atoms with Gasteiger partial charge in [0.05, 0.1) is 7.11 Å². The first-order valence-electron chi connectivity index (χ1n) is 5.39. The second-order valence-corrected chi connectivity index (χ2v) is 4.16. The fourth-order valence-electron chi connectivity index (χ4n) is 2.05. The Morgan fingerprint density at radius 1 is 1.33 bits per heavy atom. The van der Waals surface area contributed by atoms with Crippen molar-refractivity contribution >= 4 is 0 Å². The van der Waals surface area contributed by atoms with Crippen molar-refractivity contribution in [2.24, 2.45) is 0 Å². The third-order valence-electron chi connectivity index (χ3n) is 2.69. The van der Waals surface area contributed by atoms with Gasteiger partial charge in [-0.2, -0.15) is 0 Å². The summed E-state index contributed by atoms with van der Waals surface area (Å²) >= 11 is 0. The molecular weight excluding hydrogens is 186 g/mol. The summed E-state index contributed by atoms with van der Waals surface area (Å²) in [6, 6.07) is 4.38. The van der Waals surface area contributed by atoms with Crippen molar-refractivity contribution in [2.75, 3.05) is 20.7 Å². The molecule has 84 valence electrons. The highest BCUT2D eigenvalue weighted by atomic mass is 16.5. The minimum atomic E-state index is 0.476. The lowest BCUT2D eigenvalue weighted by molar-refractivity contribution is 0.402. The predicted molar refractivity (Wildman–Crippen MR) is 64.8 cm³/mol. The van der Waals surface area contributed by atoms with E-state index in [4.69, 9.17) is 4.74 Å². The van der Waals surface area contributed by atoms with Gasteiger partial charge < -0.3 is 10.1 Å². The number of benzene rings is 1. The molecule has 1 unspecified atom stereocenters. The van der Waals surface area contributed by atoms with Crippen molar-refractivity contribution in [1.82, 2.24) is 5.32 Å². The van der Waals surface area contributed by atoms with E-state index in [1.165, 1.54) is 16.7 Å². The molecule has 0 heterocycles. The molecule has 2 nitrogen and oxygen atoms in total. The van der Waals surface area contributed by atoms with Gasteiger partial charge in [-0.15, -0.1) is 0 Å². The van der Waals surface area contributed by atoms with Crippen molar-refractivity contribution < 1.29 is 4.74 Å². The third-order valence-corrected chi connectivity index (χ3v) is 2.69. The van der Waals surface area contributed by atoms with Gasteiger partial charge in [-0.1, -0.05) is 24.6 Å². The largest absolute Gasteiger partial charge is 0.496 e. The molecule has 0 fully saturated rings. The molecule has 1 atom stereocenters. The summed E-state index contributed by atoms with van der Waals surface area (Å²) in [6.45, 7) is 7.41. The number of rotatable bonds is 4. The molecular formula is C13H21NO. The van der Waals surface area contributed by atoms with E-state index in [1.54, 1.807) is 7.11 Å². The quantitative estimate of drug-likeness (QED) is 0.819. The van der Waals surface area contributed by atoms with Gasteiger partial charge in [-0.25, -0.2) is 0 Å². The van der Waals surface area contributed by atoms with Gasteiger partial charge in [0.15, 0.2) is 0 Å². The first-order valence-corrected chi connectivity index (χ1v) is 5.39. The van der Waals surface area contributed by atoms with E-state index < -0.39 is 0 Å². The van der Waals surface area contributed by atoms with Crippen LogP contribution in [-0.2, 0) is 0 Å². The molecule has 0 aliphatic carbocycles. The smallest absolute Gasteiger partial charge is 0.125 e. The van der Waals surface area contributed by atoms with E-state index in [9.17, 15) is 0 Å². The Kier molecular flexibility index (Phi) is 4.15. The summed E-state index contributed by atoms with van der Waals surface area (Å²) in [7, 11) is 3.72. The second-order valence-electron chi connectivity index (χ2n) is 4.16. The maximum Gasteiger partial charge on any atom is 0.125 e. The van der Waals surface area contributed by atoms with Crippen molar-refractivity contribution in [3.63, 3.8) is 0 Å². The van der Waals surface area contributed by atoms with Crippen molar-refractivity contribution in [2.45, 2.75) is 26.7 Å². The lowest BCUT2D eigenvalue weighted by Gasteiger charge is -2.18. The molecule has 0 aromatic heterocycles. The molecule has 0 amide bonds. The predicted octanol–water partition coefficient (Wildman–Crippen LogP) is 2.63. The van der Waals surface area contributed by atoms with Gasteiger partial charge in [0.1, 0.15) is 5.75 Å². The summed E-state index contributed by atoms with van der Waals surface area (Å²) < 4.78 is 5.47. The zero-order valence-electron chi connectivity index (χ0n) is 10.3. The summed E-state index contributed by atoms with van der Waals surface area (Å²) in [5, 5.41) is 3.20. The van der Waals surface area contributed by atoms with Gasteiger partial charge >= 0.3 is 0 Å². The Bertz CT molecular complexity index is 334. The Morgan fingerprint density at radius 2 is 2.00 bits per heavy atom. The molecule has 0 aliphatic heterocycles. The van der Waals surface area contributed by atoms with Crippen LogP contribution in [0.1, 0.15) is 29.5 Å². The van der Waals surface area contributed by atoms with Gasteiger partial charge in [0, 0.05) is 6.54 Å². The highest BCUT2D eigenvalue weighted by Gasteiger charge is 2.13. The van der Waals surface area contributed by atoms with Crippen molar-refractivity contribution in [1.29, 1.82) is 0 Å². The highest BCUT2D eigenvalue weighted by molar-refractivity contribution is 5.45. The minimum Gasteiger partial charge on any atom is -0.496 e. The molecule has 0 saturated heterocycles. The van der Waals surface area contributed by atoms with E-state index in [1.807, 2.05) is 7.05 Å². The van der Waals surface area contributed by atoms with Gasteiger partial charge in [-0.3, -0.25) is 0 Å². The van der Waals surface area contributed by atoms with E-state index >= 15 is 0 Å². The fraction of sp³-hybridized carbons (Fsp3) is 0.538. The molecule has 0 saturated carbocycles. The molecule has 2 heteroatoms. The Morgan fingerprint density at radius 3 is 2.53 bits per heavy atom. The number of aryl methyl sites for hydroxylation is 2. The van der Waals surface area contributed by atoms with E-state index in [0.717, 1.165) is 12.3 Å². The lowest BCUT2D eigenvalue weighted by atomic mass is 9.95. The fourth-order valence-corrected chi connectivity index (χ4v) is 2.05. The molecule has 0 aliphatic rings. The van der Waals surface area contributed by atoms with Crippen LogP contribution in [0.3, 0.4) is 0 Å². The number of hydrogen-bond acceptors (Lipinski definition) is 2. The van der Waals surface area contributed by atoms with Gasteiger partial charge in [0.2, 0.25) is 0 Å². The summed E-state index contributed by atoms with van der Waals surface area (Å²) in [5.74, 6) is 1.51. The Hall–Kier alpha value is -1.02. The van der Waals surface area contributed by atoms with Gasteiger partial charge in [0.25, 0.3) is 0 Å². The molecule has 1 N–H and O–H groups in total. The van der Waals surface area contributed by atoms with E-state index in [-0.39, 0.29) is 0 Å². The SMILES string of the molecule is CNCC(C)c1cc(C)cc(C)c1OC. The number of hydrogen-bond donors (Lipinski definition) is 1. The number of ether oxygens (including phenoxy) is 1.